The van der Waals surface area contributed by atoms with Crippen molar-refractivity contribution in [2.75, 3.05) is 0 Å². The van der Waals surface area contributed by atoms with Gasteiger partial charge in [0.15, 0.2) is 0 Å². The molecule has 0 saturated carbocycles. The Bertz CT molecular complexity index is 646. The lowest BCUT2D eigenvalue weighted by Gasteiger charge is -2.23. The molecule has 0 aliphatic rings. The number of rotatable bonds is 4. The van der Waals surface area contributed by atoms with Crippen molar-refractivity contribution in [1.82, 2.24) is 4.72 Å². The van der Waals surface area contributed by atoms with E-state index < -0.39 is 16.5 Å². The van der Waals surface area contributed by atoms with Gasteiger partial charge in [-0.05, 0) is 31.5 Å². The van der Waals surface area contributed by atoms with Crippen molar-refractivity contribution >= 4 is 11.0 Å². The fraction of sp³-hybridized carbons (Fsp3) is 0.188. The summed E-state index contributed by atoms with van der Waals surface area (Å²) in [6.45, 7) is 3.71. The van der Waals surface area contributed by atoms with Crippen molar-refractivity contribution in [1.29, 1.82) is 5.26 Å². The highest BCUT2D eigenvalue weighted by molar-refractivity contribution is 7.83. The van der Waals surface area contributed by atoms with Crippen LogP contribution >= 0.6 is 0 Å². The zero-order chi connectivity index (χ0) is 14.6. The summed E-state index contributed by atoms with van der Waals surface area (Å²) in [7, 11) is -1.43. The smallest absolute Gasteiger partial charge is 0.140 e. The first-order valence-corrected chi connectivity index (χ1v) is 7.43. The van der Waals surface area contributed by atoms with Gasteiger partial charge in [-0.1, -0.05) is 48.0 Å². The van der Waals surface area contributed by atoms with E-state index in [0.717, 1.165) is 11.1 Å². The maximum atomic E-state index is 12.4. The van der Waals surface area contributed by atoms with Crippen LogP contribution in [0.5, 0.6) is 0 Å². The van der Waals surface area contributed by atoms with Crippen LogP contribution in [0.4, 0.5) is 0 Å². The Hall–Kier alpha value is -1.96. The molecule has 0 amide bonds. The van der Waals surface area contributed by atoms with Gasteiger partial charge in [-0.2, -0.15) is 5.26 Å². The van der Waals surface area contributed by atoms with E-state index in [1.54, 1.807) is 19.1 Å². The van der Waals surface area contributed by atoms with Crippen molar-refractivity contribution in [2.24, 2.45) is 0 Å². The van der Waals surface area contributed by atoms with E-state index in [0.29, 0.717) is 4.90 Å². The molecular weight excluding hydrogens is 268 g/mol. The zero-order valence-corrected chi connectivity index (χ0v) is 12.3. The average Bonchev–Trinajstić information content (AvgIpc) is 2.48. The number of nitrogens with zero attached hydrogens (tertiary/aromatic N) is 1. The van der Waals surface area contributed by atoms with Gasteiger partial charge in [0.05, 0.1) is 11.0 Å². The van der Waals surface area contributed by atoms with E-state index in [9.17, 15) is 9.47 Å². The number of hydrogen-bond acceptors (Lipinski definition) is 2. The van der Waals surface area contributed by atoms with Gasteiger partial charge >= 0.3 is 0 Å². The van der Waals surface area contributed by atoms with Gasteiger partial charge in [0.2, 0.25) is 0 Å². The molecule has 2 rings (SSSR count). The quantitative estimate of drug-likeness (QED) is 0.938. The van der Waals surface area contributed by atoms with Gasteiger partial charge in [0.1, 0.15) is 16.5 Å². The van der Waals surface area contributed by atoms with E-state index in [4.69, 9.17) is 0 Å². The zero-order valence-electron chi connectivity index (χ0n) is 11.5. The van der Waals surface area contributed by atoms with Crippen LogP contribution < -0.4 is 4.72 Å². The molecule has 0 radical (unpaired) electrons. The summed E-state index contributed by atoms with van der Waals surface area (Å²) in [4.78, 5) is 0.660. The van der Waals surface area contributed by atoms with Gasteiger partial charge in [-0.3, -0.25) is 0 Å². The molecule has 2 aromatic carbocycles. The minimum Gasteiger partial charge on any atom is -0.237 e. The largest absolute Gasteiger partial charge is 0.237 e. The highest BCUT2D eigenvalue weighted by Gasteiger charge is 2.28. The first kappa shape index (κ1) is 14.4. The Labute approximate surface area is 121 Å². The van der Waals surface area contributed by atoms with Crippen molar-refractivity contribution in [3.05, 3.63) is 65.7 Å². The Morgan fingerprint density at radius 1 is 1.10 bits per heavy atom. The topological polar surface area (TPSA) is 52.9 Å². The molecule has 4 heteroatoms. The summed E-state index contributed by atoms with van der Waals surface area (Å²) >= 11 is 0. The van der Waals surface area contributed by atoms with Crippen LogP contribution in [0.2, 0.25) is 0 Å². The lowest BCUT2D eigenvalue weighted by molar-refractivity contribution is 0.569. The second-order valence-electron chi connectivity index (χ2n) is 4.79. The molecule has 2 atom stereocenters. The maximum absolute atomic E-state index is 12.4. The summed E-state index contributed by atoms with van der Waals surface area (Å²) in [5.41, 5.74) is 0.914. The monoisotopic (exact) mass is 284 g/mol. The molecule has 0 aliphatic carbocycles. The summed E-state index contributed by atoms with van der Waals surface area (Å²) in [5, 5.41) is 9.43. The number of benzene rings is 2. The average molecular weight is 284 g/mol. The Morgan fingerprint density at radius 3 is 2.25 bits per heavy atom. The lowest BCUT2D eigenvalue weighted by atomic mass is 9.95. The van der Waals surface area contributed by atoms with Gasteiger partial charge in [0, 0.05) is 0 Å². The third-order valence-electron chi connectivity index (χ3n) is 3.11. The summed E-state index contributed by atoms with van der Waals surface area (Å²) in [5.74, 6) is 0. The third-order valence-corrected chi connectivity index (χ3v) is 4.40. The molecule has 1 N–H and O–H groups in total. The van der Waals surface area contributed by atoms with Crippen LogP contribution in [0.25, 0.3) is 0 Å². The second kappa shape index (κ2) is 6.00. The van der Waals surface area contributed by atoms with Gasteiger partial charge in [-0.25, -0.2) is 8.93 Å². The van der Waals surface area contributed by atoms with E-state index in [2.05, 4.69) is 10.8 Å². The van der Waals surface area contributed by atoms with E-state index in [-0.39, 0.29) is 0 Å². The van der Waals surface area contributed by atoms with Gasteiger partial charge in [-0.15, -0.1) is 0 Å². The van der Waals surface area contributed by atoms with Crippen LogP contribution in [0.1, 0.15) is 18.1 Å². The number of aryl methyl sites for hydroxylation is 1. The highest BCUT2D eigenvalue weighted by atomic mass is 32.2. The summed E-state index contributed by atoms with van der Waals surface area (Å²) in [6, 6.07) is 18.9. The summed E-state index contributed by atoms with van der Waals surface area (Å²) in [6.07, 6.45) is 0. The third kappa shape index (κ3) is 3.13. The van der Waals surface area contributed by atoms with Crippen LogP contribution in [-0.2, 0) is 16.5 Å². The molecule has 3 nitrogen and oxygen atoms in total. The Morgan fingerprint density at radius 2 is 1.70 bits per heavy atom. The minimum absolute atomic E-state index is 0.660. The van der Waals surface area contributed by atoms with Gasteiger partial charge < -0.3 is 0 Å². The van der Waals surface area contributed by atoms with E-state index in [1.807, 2.05) is 49.4 Å². The lowest BCUT2D eigenvalue weighted by Crippen LogP contribution is -2.39. The predicted octanol–water partition coefficient (Wildman–Crippen LogP) is 3.05. The first-order chi connectivity index (χ1) is 9.55. The Balaban J connectivity index is 2.25. The SMILES string of the molecule is Cc1ccc([S@](=O)N[C@@](C)(C#N)c2ccccc2)cc1. The molecule has 102 valence electrons. The predicted molar refractivity (Wildman–Crippen MR) is 80.1 cm³/mol. The molecule has 2 aromatic rings. The van der Waals surface area contributed by atoms with Crippen molar-refractivity contribution in [2.45, 2.75) is 24.3 Å². The molecule has 0 aromatic heterocycles. The fourth-order valence-electron chi connectivity index (χ4n) is 1.82. The molecule has 0 spiro atoms. The molecule has 0 saturated heterocycles. The van der Waals surface area contributed by atoms with E-state index >= 15 is 0 Å². The van der Waals surface area contributed by atoms with Crippen LogP contribution in [0, 0.1) is 18.3 Å². The minimum atomic E-state index is -1.43. The van der Waals surface area contributed by atoms with Crippen LogP contribution in [0.15, 0.2) is 59.5 Å². The summed E-state index contributed by atoms with van der Waals surface area (Å²) < 4.78 is 15.3. The van der Waals surface area contributed by atoms with Crippen LogP contribution in [-0.4, -0.2) is 4.21 Å². The normalized spacial score (nSPS) is 15.1. The number of nitrogens with one attached hydrogen (secondary N) is 1. The Kier molecular flexibility index (Phi) is 4.33. The second-order valence-corrected chi connectivity index (χ2v) is 6.00. The molecule has 0 aliphatic heterocycles. The van der Waals surface area contributed by atoms with Crippen LogP contribution in [0.3, 0.4) is 0 Å². The first-order valence-electron chi connectivity index (χ1n) is 6.28. The molecule has 0 unspecified atom stereocenters. The van der Waals surface area contributed by atoms with Gasteiger partial charge in [0.25, 0.3) is 0 Å². The standard InChI is InChI=1S/C16H16N2OS/c1-13-8-10-15(11-9-13)20(19)18-16(2,12-17)14-6-4-3-5-7-14/h3-11,18H,1-2H3/t16-,20-/m0/s1. The van der Waals surface area contributed by atoms with Crippen molar-refractivity contribution in [3.8, 4) is 6.07 Å². The molecule has 0 heterocycles. The van der Waals surface area contributed by atoms with Crippen molar-refractivity contribution < 1.29 is 4.21 Å². The number of hydrogen-bond donors (Lipinski definition) is 1. The molecule has 0 bridgehead atoms. The van der Waals surface area contributed by atoms with Crippen molar-refractivity contribution in [3.63, 3.8) is 0 Å². The van der Waals surface area contributed by atoms with E-state index in [1.165, 1.54) is 0 Å². The molecular formula is C16H16N2OS. The molecule has 0 fully saturated rings. The highest BCUT2D eigenvalue weighted by Crippen LogP contribution is 2.21. The molecule has 20 heavy (non-hydrogen) atoms. The maximum Gasteiger partial charge on any atom is 0.140 e. The fourth-order valence-corrected chi connectivity index (χ4v) is 2.86. The number of nitriles is 1.